The molecule has 0 saturated carbocycles. The van der Waals surface area contributed by atoms with E-state index in [1.54, 1.807) is 12.1 Å². The summed E-state index contributed by atoms with van der Waals surface area (Å²) in [6.07, 6.45) is 0.333. The molecule has 2 heterocycles. The van der Waals surface area contributed by atoms with E-state index in [0.717, 1.165) is 21.9 Å². The molecule has 0 fully saturated rings. The highest BCUT2D eigenvalue weighted by Gasteiger charge is 2.19. The van der Waals surface area contributed by atoms with E-state index in [1.807, 2.05) is 20.8 Å². The number of aryl methyl sites for hydroxylation is 2. The van der Waals surface area contributed by atoms with Gasteiger partial charge in [0.15, 0.2) is 0 Å². The van der Waals surface area contributed by atoms with Crippen molar-refractivity contribution in [1.29, 1.82) is 0 Å². The number of aromatic carboxylic acids is 1. The molecule has 6 nitrogen and oxygen atoms in total. The predicted octanol–water partition coefficient (Wildman–Crippen LogP) is 2.86. The van der Waals surface area contributed by atoms with E-state index in [-0.39, 0.29) is 16.7 Å². The summed E-state index contributed by atoms with van der Waals surface area (Å²) in [5.74, 6) is -0.279. The van der Waals surface area contributed by atoms with Gasteiger partial charge in [-0.2, -0.15) is 0 Å². The number of carboxylic acids is 1. The van der Waals surface area contributed by atoms with E-state index >= 15 is 0 Å². The number of carboxylic acid groups (broad SMARTS) is 1. The van der Waals surface area contributed by atoms with Crippen molar-refractivity contribution in [2.45, 2.75) is 39.7 Å². The molecule has 118 valence electrons. The summed E-state index contributed by atoms with van der Waals surface area (Å²) < 4.78 is 5.12. The van der Waals surface area contributed by atoms with Crippen molar-refractivity contribution < 1.29 is 19.2 Å². The van der Waals surface area contributed by atoms with Gasteiger partial charge in [-0.05, 0) is 31.9 Å². The molecule has 0 aliphatic rings. The average Bonchev–Trinajstić information content (AvgIpc) is 3.03. The lowest BCUT2D eigenvalue weighted by atomic mass is 9.96. The van der Waals surface area contributed by atoms with Crippen LogP contribution in [0, 0.1) is 13.8 Å². The molecular weight excluding hydrogens is 304 g/mol. The molecular formula is C15H18N2O4S. The first kappa shape index (κ1) is 16.2. The summed E-state index contributed by atoms with van der Waals surface area (Å²) in [7, 11) is 0. The van der Waals surface area contributed by atoms with E-state index in [0.29, 0.717) is 13.0 Å². The zero-order valence-electron chi connectivity index (χ0n) is 12.7. The highest BCUT2D eigenvalue weighted by molar-refractivity contribution is 7.13. The van der Waals surface area contributed by atoms with Gasteiger partial charge in [-0.15, -0.1) is 11.3 Å². The molecule has 1 atom stereocenters. The van der Waals surface area contributed by atoms with Crippen molar-refractivity contribution in [3.8, 4) is 0 Å². The van der Waals surface area contributed by atoms with Crippen LogP contribution in [0.4, 0.5) is 0 Å². The summed E-state index contributed by atoms with van der Waals surface area (Å²) in [4.78, 5) is 23.9. The van der Waals surface area contributed by atoms with E-state index in [4.69, 9.17) is 9.63 Å². The summed E-state index contributed by atoms with van der Waals surface area (Å²) >= 11 is 1.17. The predicted molar refractivity (Wildman–Crippen MR) is 82.1 cm³/mol. The van der Waals surface area contributed by atoms with E-state index in [2.05, 4.69) is 10.5 Å². The third-order valence-corrected chi connectivity index (χ3v) is 4.48. The molecule has 22 heavy (non-hydrogen) atoms. The van der Waals surface area contributed by atoms with Gasteiger partial charge in [-0.1, -0.05) is 12.1 Å². The number of nitrogens with zero attached hydrogens (tertiary/aromatic N) is 1. The average molecular weight is 322 g/mol. The molecule has 2 aromatic heterocycles. The fourth-order valence-electron chi connectivity index (χ4n) is 2.42. The number of amides is 1. The van der Waals surface area contributed by atoms with Gasteiger partial charge in [0.05, 0.1) is 12.2 Å². The lowest BCUT2D eigenvalue weighted by Crippen LogP contribution is -2.23. The Labute approximate surface area is 132 Å². The van der Waals surface area contributed by atoms with Crippen molar-refractivity contribution in [2.24, 2.45) is 0 Å². The minimum atomic E-state index is -0.949. The van der Waals surface area contributed by atoms with Crippen LogP contribution in [0.1, 0.15) is 50.8 Å². The Kier molecular flexibility index (Phi) is 4.97. The maximum Gasteiger partial charge on any atom is 0.345 e. The van der Waals surface area contributed by atoms with Crippen molar-refractivity contribution in [3.05, 3.63) is 38.9 Å². The van der Waals surface area contributed by atoms with Gasteiger partial charge in [-0.3, -0.25) is 4.79 Å². The number of carbonyl (C=O) groups excluding carboxylic acids is 1. The van der Waals surface area contributed by atoms with Crippen molar-refractivity contribution in [1.82, 2.24) is 10.5 Å². The Balaban J connectivity index is 1.88. The van der Waals surface area contributed by atoms with Gasteiger partial charge in [0.2, 0.25) is 5.91 Å². The monoisotopic (exact) mass is 322 g/mol. The smallest absolute Gasteiger partial charge is 0.345 e. The largest absolute Gasteiger partial charge is 0.477 e. The van der Waals surface area contributed by atoms with E-state index in [1.165, 1.54) is 11.3 Å². The quantitative estimate of drug-likeness (QED) is 0.853. The summed E-state index contributed by atoms with van der Waals surface area (Å²) in [5, 5.41) is 15.6. The summed E-state index contributed by atoms with van der Waals surface area (Å²) in [6.45, 7) is 5.99. The van der Waals surface area contributed by atoms with Crippen LogP contribution in [0.3, 0.4) is 0 Å². The zero-order chi connectivity index (χ0) is 16.3. The molecule has 1 unspecified atom stereocenters. The van der Waals surface area contributed by atoms with Crippen molar-refractivity contribution in [3.63, 3.8) is 0 Å². The molecule has 7 heteroatoms. The fourth-order valence-corrected chi connectivity index (χ4v) is 3.21. The van der Waals surface area contributed by atoms with Crippen LogP contribution in [0.5, 0.6) is 0 Å². The highest BCUT2D eigenvalue weighted by Crippen LogP contribution is 2.25. The third-order valence-electron chi connectivity index (χ3n) is 3.41. The first-order valence-electron chi connectivity index (χ1n) is 6.90. The molecule has 2 rings (SSSR count). The van der Waals surface area contributed by atoms with Gasteiger partial charge < -0.3 is 14.9 Å². The fraction of sp³-hybridized carbons (Fsp3) is 0.400. The summed E-state index contributed by atoms with van der Waals surface area (Å²) in [5.41, 5.74) is 1.78. The van der Waals surface area contributed by atoms with Crippen LogP contribution in [0.15, 0.2) is 16.7 Å². The van der Waals surface area contributed by atoms with Crippen LogP contribution >= 0.6 is 11.3 Å². The highest BCUT2D eigenvalue weighted by atomic mass is 32.1. The molecule has 2 aromatic rings. The van der Waals surface area contributed by atoms with E-state index in [9.17, 15) is 9.59 Å². The normalized spacial score (nSPS) is 12.1. The summed E-state index contributed by atoms with van der Waals surface area (Å²) in [6, 6.07) is 3.26. The lowest BCUT2D eigenvalue weighted by molar-refractivity contribution is -0.121. The Hall–Kier alpha value is -2.15. The number of rotatable bonds is 6. The van der Waals surface area contributed by atoms with Gasteiger partial charge in [0, 0.05) is 16.9 Å². The van der Waals surface area contributed by atoms with Gasteiger partial charge in [0.1, 0.15) is 10.6 Å². The Morgan fingerprint density at radius 3 is 2.68 bits per heavy atom. The number of aromatic nitrogens is 1. The van der Waals surface area contributed by atoms with Crippen LogP contribution in [0.25, 0.3) is 0 Å². The topological polar surface area (TPSA) is 92.4 Å². The second kappa shape index (κ2) is 6.74. The molecule has 0 saturated heterocycles. The second-order valence-corrected chi connectivity index (χ2v) is 6.36. The number of hydrogen-bond donors (Lipinski definition) is 2. The van der Waals surface area contributed by atoms with E-state index < -0.39 is 5.97 Å². The number of carbonyl (C=O) groups is 2. The molecule has 0 aliphatic carbocycles. The minimum Gasteiger partial charge on any atom is -0.477 e. The van der Waals surface area contributed by atoms with Crippen LogP contribution in [-0.4, -0.2) is 22.1 Å². The standard InChI is InChI=1S/C15H18N2O4S/c1-8(14-9(2)17-21-10(14)3)6-13(18)16-7-11-4-5-12(22-11)15(19)20/h4-5,8H,6-7H2,1-3H3,(H,16,18)(H,19,20). The van der Waals surface area contributed by atoms with Crippen LogP contribution in [0.2, 0.25) is 0 Å². The lowest BCUT2D eigenvalue weighted by Gasteiger charge is -2.11. The van der Waals surface area contributed by atoms with Gasteiger partial charge >= 0.3 is 5.97 Å². The first-order chi connectivity index (χ1) is 10.4. The maximum absolute atomic E-state index is 12.0. The Morgan fingerprint density at radius 2 is 2.14 bits per heavy atom. The Morgan fingerprint density at radius 1 is 1.41 bits per heavy atom. The van der Waals surface area contributed by atoms with Crippen LogP contribution in [-0.2, 0) is 11.3 Å². The third kappa shape index (κ3) is 3.73. The second-order valence-electron chi connectivity index (χ2n) is 5.19. The number of hydrogen-bond acceptors (Lipinski definition) is 5. The molecule has 0 radical (unpaired) electrons. The first-order valence-corrected chi connectivity index (χ1v) is 7.71. The van der Waals surface area contributed by atoms with Crippen molar-refractivity contribution in [2.75, 3.05) is 0 Å². The Bertz CT molecular complexity index is 670. The van der Waals surface area contributed by atoms with Crippen molar-refractivity contribution >= 4 is 23.2 Å². The molecule has 0 aromatic carbocycles. The zero-order valence-corrected chi connectivity index (χ0v) is 13.5. The molecule has 1 amide bonds. The maximum atomic E-state index is 12.0. The molecule has 2 N–H and O–H groups in total. The molecule has 0 bridgehead atoms. The van der Waals surface area contributed by atoms with Gasteiger partial charge in [-0.25, -0.2) is 4.79 Å². The SMILES string of the molecule is Cc1noc(C)c1C(C)CC(=O)NCc1ccc(C(=O)O)s1. The molecule has 0 aliphatic heterocycles. The molecule has 0 spiro atoms. The number of nitrogens with one attached hydrogen (secondary N) is 1. The van der Waals surface area contributed by atoms with Crippen LogP contribution < -0.4 is 5.32 Å². The minimum absolute atomic E-state index is 0.0177. The number of thiophene rings is 1. The van der Waals surface area contributed by atoms with Gasteiger partial charge in [0.25, 0.3) is 0 Å².